The zero-order valence-electron chi connectivity index (χ0n) is 10.0. The topological polar surface area (TPSA) is 51.4 Å². The molecule has 0 fully saturated rings. The third kappa shape index (κ3) is 2.09. The van der Waals surface area contributed by atoms with Gasteiger partial charge in [-0.1, -0.05) is 18.2 Å². The van der Waals surface area contributed by atoms with Gasteiger partial charge in [0.2, 0.25) is 0 Å². The van der Waals surface area contributed by atoms with Crippen LogP contribution in [-0.4, -0.2) is 18.1 Å². The minimum Gasteiger partial charge on any atom is -0.491 e. The smallest absolute Gasteiger partial charge is 0.124 e. The van der Waals surface area contributed by atoms with Crippen LogP contribution in [0.25, 0.3) is 0 Å². The standard InChI is InChI=1S/C14H15N3O/c15-14-6-5-12(9-16-14)17-7-8-18-13-4-2-1-3-11(13)10-17/h1-6,9H,7-8,10H2,(H2,15,16). The van der Waals surface area contributed by atoms with E-state index in [9.17, 15) is 0 Å². The van der Waals surface area contributed by atoms with Crippen LogP contribution < -0.4 is 15.4 Å². The number of aromatic nitrogens is 1. The Kier molecular flexibility index (Phi) is 2.76. The van der Waals surface area contributed by atoms with E-state index in [-0.39, 0.29) is 0 Å². The van der Waals surface area contributed by atoms with Crippen molar-refractivity contribution in [3.05, 3.63) is 48.2 Å². The number of fused-ring (bicyclic) bond motifs is 1. The second-order valence-corrected chi connectivity index (χ2v) is 4.32. The summed E-state index contributed by atoms with van der Waals surface area (Å²) in [6, 6.07) is 12.0. The Morgan fingerprint density at radius 1 is 1.17 bits per heavy atom. The number of hydrogen-bond acceptors (Lipinski definition) is 4. The van der Waals surface area contributed by atoms with Gasteiger partial charge in [0, 0.05) is 12.1 Å². The van der Waals surface area contributed by atoms with Crippen LogP contribution in [0.15, 0.2) is 42.6 Å². The van der Waals surface area contributed by atoms with Gasteiger partial charge in [-0.25, -0.2) is 4.98 Å². The molecule has 18 heavy (non-hydrogen) atoms. The molecule has 3 rings (SSSR count). The summed E-state index contributed by atoms with van der Waals surface area (Å²) in [6.07, 6.45) is 1.81. The van der Waals surface area contributed by atoms with E-state index in [0.29, 0.717) is 12.4 Å². The van der Waals surface area contributed by atoms with Crippen molar-refractivity contribution in [3.8, 4) is 5.75 Å². The SMILES string of the molecule is Nc1ccc(N2CCOc3ccccc3C2)cn1. The first-order valence-corrected chi connectivity index (χ1v) is 6.00. The number of pyridine rings is 1. The van der Waals surface area contributed by atoms with Crippen LogP contribution in [0.1, 0.15) is 5.56 Å². The van der Waals surface area contributed by atoms with Crippen LogP contribution in [-0.2, 0) is 6.54 Å². The van der Waals surface area contributed by atoms with Gasteiger partial charge in [-0.3, -0.25) is 0 Å². The van der Waals surface area contributed by atoms with Crippen molar-refractivity contribution in [2.24, 2.45) is 0 Å². The predicted octanol–water partition coefficient (Wildman–Crippen LogP) is 2.06. The highest BCUT2D eigenvalue weighted by molar-refractivity contribution is 5.50. The van der Waals surface area contributed by atoms with Gasteiger partial charge >= 0.3 is 0 Å². The fourth-order valence-electron chi connectivity index (χ4n) is 2.13. The molecule has 0 amide bonds. The maximum atomic E-state index is 5.74. The monoisotopic (exact) mass is 241 g/mol. The zero-order chi connectivity index (χ0) is 12.4. The summed E-state index contributed by atoms with van der Waals surface area (Å²) in [7, 11) is 0. The Morgan fingerprint density at radius 2 is 2.06 bits per heavy atom. The highest BCUT2D eigenvalue weighted by atomic mass is 16.5. The van der Waals surface area contributed by atoms with E-state index < -0.39 is 0 Å². The van der Waals surface area contributed by atoms with Crippen LogP contribution in [0.4, 0.5) is 11.5 Å². The lowest BCUT2D eigenvalue weighted by atomic mass is 10.2. The largest absolute Gasteiger partial charge is 0.491 e. The number of para-hydroxylation sites is 1. The van der Waals surface area contributed by atoms with Crippen LogP contribution in [0.2, 0.25) is 0 Å². The number of rotatable bonds is 1. The summed E-state index contributed by atoms with van der Waals surface area (Å²) in [6.45, 7) is 2.36. The number of hydrogen-bond donors (Lipinski definition) is 1. The van der Waals surface area contributed by atoms with E-state index in [1.807, 2.05) is 36.5 Å². The quantitative estimate of drug-likeness (QED) is 0.830. The maximum Gasteiger partial charge on any atom is 0.124 e. The number of nitrogens with two attached hydrogens (primary N) is 1. The van der Waals surface area contributed by atoms with E-state index in [4.69, 9.17) is 10.5 Å². The zero-order valence-corrected chi connectivity index (χ0v) is 10.0. The Hall–Kier alpha value is -2.23. The molecule has 0 radical (unpaired) electrons. The fraction of sp³-hybridized carbons (Fsp3) is 0.214. The molecule has 1 aliphatic rings. The van der Waals surface area contributed by atoms with Gasteiger partial charge in [0.1, 0.15) is 18.2 Å². The Balaban J connectivity index is 1.89. The summed E-state index contributed by atoms with van der Waals surface area (Å²) >= 11 is 0. The van der Waals surface area contributed by atoms with Crippen LogP contribution in [0.3, 0.4) is 0 Å². The average Bonchev–Trinajstić information content (AvgIpc) is 2.61. The Labute approximate surface area is 106 Å². The van der Waals surface area contributed by atoms with Crippen molar-refractivity contribution in [1.29, 1.82) is 0 Å². The van der Waals surface area contributed by atoms with Gasteiger partial charge in [0.05, 0.1) is 18.4 Å². The molecule has 1 aliphatic heterocycles. The highest BCUT2D eigenvalue weighted by Gasteiger charge is 2.15. The summed E-state index contributed by atoms with van der Waals surface area (Å²) < 4.78 is 5.74. The molecular weight excluding hydrogens is 226 g/mol. The molecule has 1 aromatic heterocycles. The lowest BCUT2D eigenvalue weighted by molar-refractivity contribution is 0.331. The lowest BCUT2D eigenvalue weighted by Crippen LogP contribution is -2.25. The first-order valence-electron chi connectivity index (χ1n) is 6.00. The molecule has 2 heterocycles. The van der Waals surface area contributed by atoms with E-state index >= 15 is 0 Å². The minimum absolute atomic E-state index is 0.547. The maximum absolute atomic E-state index is 5.74. The van der Waals surface area contributed by atoms with Gasteiger partial charge < -0.3 is 15.4 Å². The molecule has 0 saturated carbocycles. The molecule has 0 spiro atoms. The first-order chi connectivity index (χ1) is 8.83. The fourth-order valence-corrected chi connectivity index (χ4v) is 2.13. The minimum atomic E-state index is 0.547. The molecule has 0 saturated heterocycles. The van der Waals surface area contributed by atoms with Gasteiger partial charge in [-0.15, -0.1) is 0 Å². The van der Waals surface area contributed by atoms with Crippen LogP contribution >= 0.6 is 0 Å². The van der Waals surface area contributed by atoms with Crippen molar-refractivity contribution in [2.75, 3.05) is 23.8 Å². The summed E-state index contributed by atoms with van der Waals surface area (Å²) in [5.41, 5.74) is 7.88. The molecule has 4 nitrogen and oxygen atoms in total. The molecule has 2 aromatic rings. The van der Waals surface area contributed by atoms with E-state index in [1.165, 1.54) is 5.56 Å². The molecule has 92 valence electrons. The molecule has 0 bridgehead atoms. The Morgan fingerprint density at radius 3 is 2.89 bits per heavy atom. The van der Waals surface area contributed by atoms with Gasteiger partial charge in [0.15, 0.2) is 0 Å². The molecule has 4 heteroatoms. The van der Waals surface area contributed by atoms with Gasteiger partial charge in [0.25, 0.3) is 0 Å². The third-order valence-electron chi connectivity index (χ3n) is 3.09. The van der Waals surface area contributed by atoms with Crippen LogP contribution in [0.5, 0.6) is 5.75 Å². The Bertz CT molecular complexity index is 539. The van der Waals surface area contributed by atoms with E-state index in [0.717, 1.165) is 24.5 Å². The summed E-state index contributed by atoms with van der Waals surface area (Å²) in [5, 5.41) is 0. The predicted molar refractivity (Wildman–Crippen MR) is 71.6 cm³/mol. The number of benzene rings is 1. The molecular formula is C14H15N3O. The number of nitrogen functional groups attached to an aromatic ring is 1. The van der Waals surface area contributed by atoms with Crippen molar-refractivity contribution >= 4 is 11.5 Å². The molecule has 0 unspecified atom stereocenters. The normalized spacial score (nSPS) is 14.6. The molecule has 0 atom stereocenters. The first kappa shape index (κ1) is 10.9. The van der Waals surface area contributed by atoms with E-state index in [2.05, 4.69) is 16.0 Å². The molecule has 1 aromatic carbocycles. The molecule has 2 N–H and O–H groups in total. The third-order valence-corrected chi connectivity index (χ3v) is 3.09. The van der Waals surface area contributed by atoms with E-state index in [1.54, 1.807) is 0 Å². The second kappa shape index (κ2) is 4.56. The van der Waals surface area contributed by atoms with Gasteiger partial charge in [-0.2, -0.15) is 0 Å². The molecule has 0 aliphatic carbocycles. The number of ether oxygens (including phenoxy) is 1. The van der Waals surface area contributed by atoms with Crippen molar-refractivity contribution in [3.63, 3.8) is 0 Å². The van der Waals surface area contributed by atoms with Crippen molar-refractivity contribution < 1.29 is 4.74 Å². The van der Waals surface area contributed by atoms with Crippen molar-refractivity contribution in [2.45, 2.75) is 6.54 Å². The average molecular weight is 241 g/mol. The summed E-state index contributed by atoms with van der Waals surface area (Å²) in [4.78, 5) is 6.38. The number of nitrogens with zero attached hydrogens (tertiary/aromatic N) is 2. The highest BCUT2D eigenvalue weighted by Crippen LogP contribution is 2.25. The second-order valence-electron chi connectivity index (χ2n) is 4.32. The number of anilines is 2. The lowest BCUT2D eigenvalue weighted by Gasteiger charge is -2.21. The van der Waals surface area contributed by atoms with Crippen LogP contribution in [0, 0.1) is 0 Å². The van der Waals surface area contributed by atoms with Crippen molar-refractivity contribution in [1.82, 2.24) is 4.98 Å². The summed E-state index contributed by atoms with van der Waals surface area (Å²) in [5.74, 6) is 1.52. The van der Waals surface area contributed by atoms with Gasteiger partial charge in [-0.05, 0) is 18.2 Å².